The highest BCUT2D eigenvalue weighted by molar-refractivity contribution is 6.04. The number of nitrogens with one attached hydrogen (secondary N) is 1. The summed E-state index contributed by atoms with van der Waals surface area (Å²) >= 11 is 0. The van der Waals surface area contributed by atoms with Crippen molar-refractivity contribution in [1.29, 1.82) is 0 Å². The van der Waals surface area contributed by atoms with Crippen LogP contribution in [0.3, 0.4) is 0 Å². The van der Waals surface area contributed by atoms with Crippen LogP contribution in [-0.4, -0.2) is 41.5 Å². The standard InChI is InChI=1S/C19H23N3O2/c23-18(20-15-11-22-9-7-12(15)8-10-22)14-5-2-6-16-17(14)21-19(24-16)13-3-1-4-13/h2,5-6,12-13,15H,1,3-4,7-11H2,(H,20,23). The van der Waals surface area contributed by atoms with Gasteiger partial charge in [-0.25, -0.2) is 4.98 Å². The Morgan fingerprint density at radius 2 is 2.04 bits per heavy atom. The molecule has 1 N–H and O–H groups in total. The van der Waals surface area contributed by atoms with Crippen LogP contribution in [0.4, 0.5) is 0 Å². The average molecular weight is 325 g/mol. The lowest BCUT2D eigenvalue weighted by atomic mass is 9.84. The molecule has 1 amide bonds. The van der Waals surface area contributed by atoms with Crippen LogP contribution in [0.25, 0.3) is 11.1 Å². The fourth-order valence-corrected chi connectivity index (χ4v) is 4.35. The van der Waals surface area contributed by atoms with Crippen molar-refractivity contribution in [1.82, 2.24) is 15.2 Å². The van der Waals surface area contributed by atoms with E-state index in [1.165, 1.54) is 32.4 Å². The summed E-state index contributed by atoms with van der Waals surface area (Å²) < 4.78 is 5.90. The summed E-state index contributed by atoms with van der Waals surface area (Å²) in [6.07, 6.45) is 5.94. The molecule has 4 fully saturated rings. The Hall–Kier alpha value is -1.88. The summed E-state index contributed by atoms with van der Waals surface area (Å²) in [5.41, 5.74) is 2.11. The normalized spacial score (nSPS) is 29.6. The molecule has 3 saturated heterocycles. The first kappa shape index (κ1) is 14.5. The van der Waals surface area contributed by atoms with E-state index < -0.39 is 0 Å². The fourth-order valence-electron chi connectivity index (χ4n) is 4.35. The second kappa shape index (κ2) is 5.59. The molecular formula is C19H23N3O2. The first-order valence-corrected chi connectivity index (χ1v) is 9.20. The lowest BCUT2D eigenvalue weighted by Gasteiger charge is -2.44. The van der Waals surface area contributed by atoms with Crippen molar-refractivity contribution in [3.05, 3.63) is 29.7 Å². The quantitative estimate of drug-likeness (QED) is 0.943. The van der Waals surface area contributed by atoms with Crippen molar-refractivity contribution >= 4 is 17.0 Å². The molecule has 1 unspecified atom stereocenters. The molecule has 1 aromatic carbocycles. The van der Waals surface area contributed by atoms with Crippen LogP contribution in [0.2, 0.25) is 0 Å². The van der Waals surface area contributed by atoms with Crippen LogP contribution in [0.15, 0.2) is 22.6 Å². The summed E-state index contributed by atoms with van der Waals surface area (Å²) in [7, 11) is 0. The van der Waals surface area contributed by atoms with Gasteiger partial charge in [0.25, 0.3) is 5.91 Å². The summed E-state index contributed by atoms with van der Waals surface area (Å²) in [5.74, 6) is 1.86. The smallest absolute Gasteiger partial charge is 0.253 e. The summed E-state index contributed by atoms with van der Waals surface area (Å²) in [4.78, 5) is 20.0. The van der Waals surface area contributed by atoms with E-state index in [0.29, 0.717) is 17.4 Å². The summed E-state index contributed by atoms with van der Waals surface area (Å²) in [5, 5.41) is 3.26. The number of aromatic nitrogens is 1. The van der Waals surface area contributed by atoms with Crippen molar-refractivity contribution in [2.45, 2.75) is 44.1 Å². The third-order valence-electron chi connectivity index (χ3n) is 6.11. The minimum absolute atomic E-state index is 0.00666. The number of piperidine rings is 3. The number of fused-ring (bicyclic) bond motifs is 4. The second-order valence-electron chi connectivity index (χ2n) is 7.55. The van der Waals surface area contributed by atoms with E-state index in [0.717, 1.165) is 36.4 Å². The van der Waals surface area contributed by atoms with Gasteiger partial charge in [-0.2, -0.15) is 0 Å². The van der Waals surface area contributed by atoms with Gasteiger partial charge in [0.15, 0.2) is 11.5 Å². The summed E-state index contributed by atoms with van der Waals surface area (Å²) in [6, 6.07) is 5.94. The lowest BCUT2D eigenvalue weighted by Crippen LogP contribution is -2.57. The van der Waals surface area contributed by atoms with Crippen molar-refractivity contribution in [3.63, 3.8) is 0 Å². The van der Waals surface area contributed by atoms with Crippen molar-refractivity contribution in [3.8, 4) is 0 Å². The molecule has 2 bridgehead atoms. The van der Waals surface area contributed by atoms with Crippen molar-refractivity contribution in [2.24, 2.45) is 5.92 Å². The van der Waals surface area contributed by atoms with Crippen LogP contribution in [0, 0.1) is 5.92 Å². The van der Waals surface area contributed by atoms with Gasteiger partial charge in [0.1, 0.15) is 5.52 Å². The van der Waals surface area contributed by atoms with Gasteiger partial charge in [-0.15, -0.1) is 0 Å². The van der Waals surface area contributed by atoms with E-state index in [4.69, 9.17) is 4.42 Å². The largest absolute Gasteiger partial charge is 0.440 e. The Balaban J connectivity index is 1.41. The predicted molar refractivity (Wildman–Crippen MR) is 91.0 cm³/mol. The Morgan fingerprint density at radius 1 is 1.21 bits per heavy atom. The third kappa shape index (κ3) is 2.34. The van der Waals surface area contributed by atoms with Gasteiger partial charge in [0, 0.05) is 18.5 Å². The highest BCUT2D eigenvalue weighted by Crippen LogP contribution is 2.37. The molecule has 4 heterocycles. The number of benzene rings is 1. The molecule has 2 aromatic rings. The zero-order valence-electron chi connectivity index (χ0n) is 13.8. The number of carbonyl (C=O) groups is 1. The number of rotatable bonds is 3. The molecule has 1 aromatic heterocycles. The van der Waals surface area contributed by atoms with Gasteiger partial charge >= 0.3 is 0 Å². The molecule has 5 heteroatoms. The number of oxazole rings is 1. The first-order chi connectivity index (χ1) is 11.8. The van der Waals surface area contributed by atoms with E-state index in [9.17, 15) is 4.79 Å². The maximum atomic E-state index is 12.9. The molecule has 1 aliphatic carbocycles. The summed E-state index contributed by atoms with van der Waals surface area (Å²) in [6.45, 7) is 3.35. The van der Waals surface area contributed by atoms with Gasteiger partial charge in [0.2, 0.25) is 0 Å². The lowest BCUT2D eigenvalue weighted by molar-refractivity contribution is 0.0621. The zero-order valence-corrected chi connectivity index (χ0v) is 13.8. The van der Waals surface area contributed by atoms with E-state index in [1.807, 2.05) is 18.2 Å². The van der Waals surface area contributed by atoms with Gasteiger partial charge in [-0.05, 0) is 56.8 Å². The molecule has 3 aliphatic heterocycles. The molecule has 24 heavy (non-hydrogen) atoms. The van der Waals surface area contributed by atoms with Crippen LogP contribution >= 0.6 is 0 Å². The van der Waals surface area contributed by atoms with Gasteiger partial charge < -0.3 is 14.6 Å². The average Bonchev–Trinajstić information content (AvgIpc) is 2.97. The molecule has 4 aliphatic rings. The minimum Gasteiger partial charge on any atom is -0.440 e. The Kier molecular flexibility index (Phi) is 3.37. The number of nitrogens with zero attached hydrogens (tertiary/aromatic N) is 2. The number of amides is 1. The van der Waals surface area contributed by atoms with E-state index in [2.05, 4.69) is 15.2 Å². The van der Waals surface area contributed by atoms with Gasteiger partial charge in [-0.1, -0.05) is 12.5 Å². The molecule has 5 nitrogen and oxygen atoms in total. The molecule has 0 spiro atoms. The van der Waals surface area contributed by atoms with Crippen LogP contribution in [0.1, 0.15) is 54.3 Å². The SMILES string of the molecule is O=C(NC1CN2CCC1CC2)c1cccc2oc(C3CCC3)nc12. The van der Waals surface area contributed by atoms with Gasteiger partial charge in [-0.3, -0.25) is 4.79 Å². The van der Waals surface area contributed by atoms with E-state index in [-0.39, 0.29) is 11.9 Å². The Bertz CT molecular complexity index is 772. The van der Waals surface area contributed by atoms with Crippen LogP contribution < -0.4 is 5.32 Å². The highest BCUT2D eigenvalue weighted by atomic mass is 16.3. The number of hydrogen-bond donors (Lipinski definition) is 1. The first-order valence-electron chi connectivity index (χ1n) is 9.20. The maximum absolute atomic E-state index is 12.9. The zero-order chi connectivity index (χ0) is 16.1. The highest BCUT2D eigenvalue weighted by Gasteiger charge is 2.35. The molecule has 1 saturated carbocycles. The maximum Gasteiger partial charge on any atom is 0.253 e. The fraction of sp³-hybridized carbons (Fsp3) is 0.579. The number of para-hydroxylation sites is 1. The number of carbonyl (C=O) groups excluding carboxylic acids is 1. The van der Waals surface area contributed by atoms with E-state index in [1.54, 1.807) is 0 Å². The van der Waals surface area contributed by atoms with Crippen molar-refractivity contribution in [2.75, 3.05) is 19.6 Å². The van der Waals surface area contributed by atoms with Crippen LogP contribution in [0.5, 0.6) is 0 Å². The predicted octanol–water partition coefficient (Wildman–Crippen LogP) is 2.92. The molecule has 6 rings (SSSR count). The van der Waals surface area contributed by atoms with E-state index >= 15 is 0 Å². The Labute approximate surface area is 141 Å². The van der Waals surface area contributed by atoms with Gasteiger partial charge in [0.05, 0.1) is 5.56 Å². The second-order valence-corrected chi connectivity index (χ2v) is 7.55. The van der Waals surface area contributed by atoms with Crippen LogP contribution in [-0.2, 0) is 0 Å². The third-order valence-corrected chi connectivity index (χ3v) is 6.11. The minimum atomic E-state index is -0.00666. The molecular weight excluding hydrogens is 302 g/mol. The molecule has 0 radical (unpaired) electrons. The number of hydrogen-bond acceptors (Lipinski definition) is 4. The van der Waals surface area contributed by atoms with Crippen molar-refractivity contribution < 1.29 is 9.21 Å². The Morgan fingerprint density at radius 3 is 2.71 bits per heavy atom. The molecule has 1 atom stereocenters. The molecule has 126 valence electrons. The monoisotopic (exact) mass is 325 g/mol. The topological polar surface area (TPSA) is 58.4 Å².